The molecule has 0 aliphatic rings. The largest absolute Gasteiger partial charge is 0 e. The Bertz CT molecular complexity index is 3270. The van der Waals surface area contributed by atoms with Crippen LogP contribution in [0.2, 0.25) is 0 Å². The average molecular weight is 1130 g/mol. The Morgan fingerprint density at radius 3 is 1.94 bits per heavy atom. The zero-order valence-corrected chi connectivity index (χ0v) is 42.5. The monoisotopic (exact) mass is 1140 g/mol. The zero-order valence-electron chi connectivity index (χ0n) is 37.8. The van der Waals surface area contributed by atoms with Gasteiger partial charge in [0.25, 0.3) is 0 Å². The van der Waals surface area contributed by atoms with E-state index in [0.717, 1.165) is 39.2 Å². The van der Waals surface area contributed by atoms with Gasteiger partial charge in [0.15, 0.2) is 0 Å². The number of hydrogen-bond donors (Lipinski definition) is 0. The minimum atomic E-state index is -0.744. The summed E-state index contributed by atoms with van der Waals surface area (Å²) < 4.78 is 5.08. The molecule has 0 atom stereocenters. The molecule has 0 fully saturated rings. The molecule has 4 nitrogen and oxygen atoms in total. The smallest absolute Gasteiger partial charge is 0 e. The van der Waals surface area contributed by atoms with Gasteiger partial charge in [0.05, 0.1) is 0 Å². The number of rotatable bonds is 7. The number of nitriles is 1. The third-order valence-electron chi connectivity index (χ3n) is 11.9. The Morgan fingerprint density at radius 1 is 0.646 bits per heavy atom. The van der Waals surface area contributed by atoms with Crippen LogP contribution in [0.4, 0.5) is 0 Å². The van der Waals surface area contributed by atoms with E-state index in [1.165, 1.54) is 62.2 Å². The predicted molar refractivity (Wildman–Crippen MR) is 268 cm³/mol. The molecule has 3 aromatic heterocycles. The van der Waals surface area contributed by atoms with Gasteiger partial charge in [-0.2, -0.15) is 0 Å². The molecule has 0 saturated carbocycles. The quantitative estimate of drug-likeness (QED) is 0.118. The molecule has 0 spiro atoms. The topological polar surface area (TPSA) is 54.5 Å². The molecule has 0 amide bonds. The van der Waals surface area contributed by atoms with Crippen molar-refractivity contribution in [1.82, 2.24) is 14.5 Å². The number of para-hydroxylation sites is 2. The molecule has 1 radical (unpaired) electrons. The second-order valence-electron chi connectivity index (χ2n) is 18.0. The summed E-state index contributed by atoms with van der Waals surface area (Å²) in [4.78, 5) is 9.84. The van der Waals surface area contributed by atoms with Crippen molar-refractivity contribution in [3.8, 4) is 56.7 Å². The van der Waals surface area contributed by atoms with Crippen LogP contribution in [-0.2, 0) is 25.5 Å². The number of hydrogen-bond acceptors (Lipinski definition) is 3. The Kier molecular flexibility index (Phi) is 13.5. The van der Waals surface area contributed by atoms with Crippen molar-refractivity contribution >= 4 is 49.0 Å². The van der Waals surface area contributed by atoms with Crippen LogP contribution in [0.25, 0.3) is 79.2 Å². The van der Waals surface area contributed by atoms with Crippen molar-refractivity contribution in [2.24, 2.45) is 0 Å². The molecule has 7 aromatic carbocycles. The summed E-state index contributed by atoms with van der Waals surface area (Å²) in [6.07, 6.45) is 1.95. The number of nitrogens with zero attached hydrogens (tertiary/aromatic N) is 4. The maximum atomic E-state index is 9.60. The normalized spacial score (nSPS) is 11.4. The van der Waals surface area contributed by atoms with Crippen LogP contribution in [0.3, 0.4) is 0 Å². The summed E-state index contributed by atoms with van der Waals surface area (Å²) in [7, 11) is 0. The molecule has 0 bridgehead atoms. The first kappa shape index (κ1) is 45.6. The molecule has 3 heterocycles. The van der Waals surface area contributed by atoms with Crippen LogP contribution >= 0.6 is 0 Å². The predicted octanol–water partition coefficient (Wildman–Crippen LogP) is 15.2. The third kappa shape index (κ3) is 9.31. The minimum absolute atomic E-state index is 0. The van der Waals surface area contributed by atoms with E-state index >= 15 is 0 Å². The van der Waals surface area contributed by atoms with Gasteiger partial charge in [-0.25, -0.2) is 0 Å². The van der Waals surface area contributed by atoms with E-state index < -0.39 is 20.4 Å². The van der Waals surface area contributed by atoms with Gasteiger partial charge < -0.3 is 4.98 Å². The molecule has 0 aliphatic heterocycles. The molecule has 6 heteroatoms. The summed E-state index contributed by atoms with van der Waals surface area (Å²) in [5.41, 5.74) is 16.1. The first-order valence-corrected chi connectivity index (χ1v) is 24.3. The van der Waals surface area contributed by atoms with Crippen molar-refractivity contribution in [1.29, 1.82) is 5.26 Å². The number of pyridine rings is 1. The second kappa shape index (κ2) is 19.3. The van der Waals surface area contributed by atoms with Gasteiger partial charge in [-0.15, -0.1) is 35.9 Å². The van der Waals surface area contributed by atoms with E-state index in [9.17, 15) is 5.26 Å². The van der Waals surface area contributed by atoms with E-state index in [2.05, 4.69) is 198 Å². The molecule has 0 N–H and O–H groups in total. The summed E-state index contributed by atoms with van der Waals surface area (Å²) in [6.45, 7) is 15.8. The van der Waals surface area contributed by atoms with E-state index in [-0.39, 0.29) is 37.4 Å². The fraction of sp³-hybridized carbons (Fsp3) is 0.169. The summed E-state index contributed by atoms with van der Waals surface area (Å²) in [6, 6.07) is 64.5. The second-order valence-corrected chi connectivity index (χ2v) is 21.0. The average Bonchev–Trinajstić information content (AvgIpc) is 3.90. The molecule has 65 heavy (non-hydrogen) atoms. The Labute approximate surface area is 406 Å². The van der Waals surface area contributed by atoms with Crippen LogP contribution in [0.15, 0.2) is 164 Å². The Balaban J connectivity index is 0.000000287. The van der Waals surface area contributed by atoms with Crippen molar-refractivity contribution < 1.29 is 20.1 Å². The van der Waals surface area contributed by atoms with Crippen LogP contribution in [0.5, 0.6) is 0 Å². The summed E-state index contributed by atoms with van der Waals surface area (Å²) >= 11 is -0.744. The van der Waals surface area contributed by atoms with Crippen LogP contribution in [-0.4, -0.2) is 35.0 Å². The molecule has 0 saturated heterocycles. The van der Waals surface area contributed by atoms with Gasteiger partial charge in [0, 0.05) is 26.3 Å². The van der Waals surface area contributed by atoms with Gasteiger partial charge in [-0.1, -0.05) is 63.2 Å². The molecular formula is C59H50IrN4Te-2. The van der Waals surface area contributed by atoms with Crippen molar-refractivity contribution in [3.63, 3.8) is 0 Å². The molecule has 0 unspecified atom stereocenters. The maximum Gasteiger partial charge on any atom is 0 e. The number of imidazole rings is 1. The number of aromatic nitrogens is 3. The van der Waals surface area contributed by atoms with Gasteiger partial charge in [-0.05, 0) is 22.2 Å². The van der Waals surface area contributed by atoms with Crippen molar-refractivity contribution in [2.75, 3.05) is 0 Å². The molecule has 323 valence electrons. The van der Waals surface area contributed by atoms with E-state index in [0.29, 0.717) is 0 Å². The standard InChI is InChI=1S/C44H34N3Te.C15H16N.Ir/c1-27(2)37-24-33(32-20-18-31(19-21-32)30-11-6-5-7-12-30)25-38(28(3)4)42(37)47-40-16-9-8-15-39(40)46-44(47)36-14-10-13-35-34-22-17-29(26-45)23-41(34)48-43(35)36;1-15(2,3)13-9-10-14(16-11-13)12-7-5-4-6-8-12;/h5-13,15-25,27-28H,1-4H3;4-7,9-11H,1-3H3;/q2*-1;. The Morgan fingerprint density at radius 2 is 1.31 bits per heavy atom. The van der Waals surface area contributed by atoms with Crippen molar-refractivity contribution in [2.45, 2.75) is 65.7 Å². The number of benzene rings is 7. The molecule has 0 aliphatic carbocycles. The van der Waals surface area contributed by atoms with Crippen molar-refractivity contribution in [3.05, 3.63) is 198 Å². The molecule has 10 rings (SSSR count). The van der Waals surface area contributed by atoms with E-state index in [1.807, 2.05) is 42.6 Å². The first-order chi connectivity index (χ1) is 31.0. The Hall–Kier alpha value is -5.91. The first-order valence-electron chi connectivity index (χ1n) is 22.0. The van der Waals surface area contributed by atoms with Crippen LogP contribution in [0.1, 0.15) is 82.6 Å². The van der Waals surface area contributed by atoms with Gasteiger partial charge in [0.2, 0.25) is 0 Å². The zero-order chi connectivity index (χ0) is 44.5. The minimum Gasteiger partial charge on any atom is 0 e. The van der Waals surface area contributed by atoms with Gasteiger partial charge in [0.1, 0.15) is 0 Å². The fourth-order valence-electron chi connectivity index (χ4n) is 8.42. The van der Waals surface area contributed by atoms with Crippen LogP contribution in [0, 0.1) is 23.5 Å². The number of fused-ring (bicyclic) bond motifs is 4. The van der Waals surface area contributed by atoms with Gasteiger partial charge >= 0.3 is 257 Å². The SMILES string of the molecule is CC(C)(C)c1ccc(-c2[c-]cccc2)nc1.CC(C)c1cc(-c2ccc(-c3ccccc3)cc2)cc(C(C)C)c1-n1c(-c2[c-]ccc3c2[te]c2cc(C#N)ccc23)nc2ccccc21.[Ir]. The van der Waals surface area contributed by atoms with E-state index in [1.54, 1.807) is 0 Å². The van der Waals surface area contributed by atoms with Gasteiger partial charge in [-0.3, -0.25) is 0 Å². The summed E-state index contributed by atoms with van der Waals surface area (Å²) in [5, 5.41) is 12.1. The van der Waals surface area contributed by atoms with Crippen LogP contribution < -0.4 is 0 Å². The third-order valence-corrected chi connectivity index (χ3v) is 15.3. The molecule has 10 aromatic rings. The maximum absolute atomic E-state index is 9.60. The fourth-order valence-corrected chi connectivity index (χ4v) is 11.9. The molecular weight excluding hydrogens is 1080 g/mol. The summed E-state index contributed by atoms with van der Waals surface area (Å²) in [5.74, 6) is 1.50. The van der Waals surface area contributed by atoms with E-state index in [4.69, 9.17) is 4.98 Å².